The SMILES string of the molecule is ClCc1cncc(COCc2cnccn2)n1. The highest BCUT2D eigenvalue weighted by Crippen LogP contribution is 2.03. The van der Waals surface area contributed by atoms with Gasteiger partial charge in [-0.25, -0.2) is 0 Å². The Balaban J connectivity index is 1.86. The standard InChI is InChI=1S/C11H11ClN4O/c12-3-9-4-14-6-11(16-9)8-17-7-10-5-13-1-2-15-10/h1-2,4-6H,3,7-8H2. The summed E-state index contributed by atoms with van der Waals surface area (Å²) in [5, 5.41) is 0. The van der Waals surface area contributed by atoms with Gasteiger partial charge in [0.1, 0.15) is 0 Å². The van der Waals surface area contributed by atoms with Crippen molar-refractivity contribution in [2.75, 3.05) is 0 Å². The van der Waals surface area contributed by atoms with Crippen LogP contribution >= 0.6 is 11.6 Å². The Hall–Kier alpha value is -1.59. The van der Waals surface area contributed by atoms with E-state index in [1.807, 2.05) is 0 Å². The first kappa shape index (κ1) is 11.9. The van der Waals surface area contributed by atoms with Crippen LogP contribution in [0.15, 0.2) is 31.0 Å². The van der Waals surface area contributed by atoms with Gasteiger partial charge in [0.05, 0.1) is 48.6 Å². The summed E-state index contributed by atoms with van der Waals surface area (Å²) in [6.07, 6.45) is 8.22. The van der Waals surface area contributed by atoms with E-state index in [0.717, 1.165) is 17.1 Å². The molecule has 0 N–H and O–H groups in total. The molecule has 0 bridgehead atoms. The summed E-state index contributed by atoms with van der Waals surface area (Å²) in [5.74, 6) is 0.352. The van der Waals surface area contributed by atoms with Gasteiger partial charge >= 0.3 is 0 Å². The average Bonchev–Trinajstić information content (AvgIpc) is 2.40. The summed E-state index contributed by atoms with van der Waals surface area (Å²) in [6.45, 7) is 0.787. The fourth-order valence-electron chi connectivity index (χ4n) is 1.25. The summed E-state index contributed by atoms with van der Waals surface area (Å²) in [7, 11) is 0. The minimum Gasteiger partial charge on any atom is -0.369 e. The van der Waals surface area contributed by atoms with Crippen molar-refractivity contribution >= 4 is 11.6 Å². The van der Waals surface area contributed by atoms with Crippen LogP contribution in [0, 0.1) is 0 Å². The molecule has 0 saturated heterocycles. The van der Waals surface area contributed by atoms with E-state index in [9.17, 15) is 0 Å². The molecule has 2 rings (SSSR count). The van der Waals surface area contributed by atoms with Gasteiger partial charge in [0.2, 0.25) is 0 Å². The van der Waals surface area contributed by atoms with E-state index in [0.29, 0.717) is 19.1 Å². The third-order valence-corrected chi connectivity index (χ3v) is 2.26. The smallest absolute Gasteiger partial charge is 0.0909 e. The van der Waals surface area contributed by atoms with Crippen molar-refractivity contribution < 1.29 is 4.74 Å². The molecular formula is C11H11ClN4O. The fraction of sp³-hybridized carbons (Fsp3) is 0.273. The van der Waals surface area contributed by atoms with Crippen LogP contribution in [0.4, 0.5) is 0 Å². The van der Waals surface area contributed by atoms with Crippen molar-refractivity contribution in [1.82, 2.24) is 19.9 Å². The molecule has 0 aromatic carbocycles. The van der Waals surface area contributed by atoms with Crippen LogP contribution in [0.5, 0.6) is 0 Å². The molecule has 6 heteroatoms. The van der Waals surface area contributed by atoms with Crippen molar-refractivity contribution in [2.24, 2.45) is 0 Å². The minimum atomic E-state index is 0.352. The summed E-state index contributed by atoms with van der Waals surface area (Å²) < 4.78 is 5.46. The number of ether oxygens (including phenoxy) is 1. The number of hydrogen-bond donors (Lipinski definition) is 0. The summed E-state index contributed by atoms with van der Waals surface area (Å²) in [6, 6.07) is 0. The molecular weight excluding hydrogens is 240 g/mol. The molecule has 0 unspecified atom stereocenters. The Morgan fingerprint density at radius 2 is 1.71 bits per heavy atom. The molecule has 0 amide bonds. The first-order valence-electron chi connectivity index (χ1n) is 5.07. The molecule has 2 heterocycles. The van der Waals surface area contributed by atoms with Crippen molar-refractivity contribution in [3.63, 3.8) is 0 Å². The van der Waals surface area contributed by atoms with Gasteiger partial charge in [0, 0.05) is 18.6 Å². The maximum absolute atomic E-state index is 5.67. The Kier molecular flexibility index (Phi) is 4.35. The highest BCUT2D eigenvalue weighted by atomic mass is 35.5. The number of halogens is 1. The van der Waals surface area contributed by atoms with Crippen LogP contribution in [0.2, 0.25) is 0 Å². The monoisotopic (exact) mass is 250 g/mol. The van der Waals surface area contributed by atoms with E-state index in [1.54, 1.807) is 31.0 Å². The third-order valence-electron chi connectivity index (χ3n) is 1.99. The molecule has 0 fully saturated rings. The molecule has 5 nitrogen and oxygen atoms in total. The van der Waals surface area contributed by atoms with Crippen LogP contribution in [0.1, 0.15) is 17.1 Å². The van der Waals surface area contributed by atoms with E-state index in [4.69, 9.17) is 16.3 Å². The Morgan fingerprint density at radius 1 is 0.941 bits per heavy atom. The molecule has 0 aliphatic heterocycles. The van der Waals surface area contributed by atoms with Gasteiger partial charge < -0.3 is 4.74 Å². The van der Waals surface area contributed by atoms with E-state index >= 15 is 0 Å². The number of alkyl halides is 1. The molecule has 2 aromatic rings. The van der Waals surface area contributed by atoms with E-state index in [1.165, 1.54) is 0 Å². The molecule has 2 aromatic heterocycles. The van der Waals surface area contributed by atoms with E-state index < -0.39 is 0 Å². The lowest BCUT2D eigenvalue weighted by molar-refractivity contribution is 0.101. The molecule has 0 aliphatic carbocycles. The first-order valence-corrected chi connectivity index (χ1v) is 5.60. The lowest BCUT2D eigenvalue weighted by Crippen LogP contribution is -2.00. The van der Waals surface area contributed by atoms with Gasteiger partial charge in [0.25, 0.3) is 0 Å². The Morgan fingerprint density at radius 3 is 2.47 bits per heavy atom. The van der Waals surface area contributed by atoms with E-state index in [-0.39, 0.29) is 0 Å². The highest BCUT2D eigenvalue weighted by Gasteiger charge is 1.99. The van der Waals surface area contributed by atoms with Crippen LogP contribution < -0.4 is 0 Å². The Bertz CT molecular complexity index is 466. The van der Waals surface area contributed by atoms with Gasteiger partial charge in [-0.05, 0) is 0 Å². The number of aromatic nitrogens is 4. The molecule has 0 atom stereocenters. The van der Waals surface area contributed by atoms with Gasteiger partial charge in [0.15, 0.2) is 0 Å². The normalized spacial score (nSPS) is 10.4. The lowest BCUT2D eigenvalue weighted by atomic mass is 10.4. The van der Waals surface area contributed by atoms with Crippen molar-refractivity contribution in [3.8, 4) is 0 Å². The molecule has 0 saturated carbocycles. The third kappa shape index (κ3) is 3.72. The summed E-state index contributed by atoms with van der Waals surface area (Å²) >= 11 is 5.67. The van der Waals surface area contributed by atoms with Gasteiger partial charge in [-0.15, -0.1) is 11.6 Å². The Labute approximate surface area is 104 Å². The number of hydrogen-bond acceptors (Lipinski definition) is 5. The maximum Gasteiger partial charge on any atom is 0.0909 e. The lowest BCUT2D eigenvalue weighted by Gasteiger charge is -2.03. The topological polar surface area (TPSA) is 60.8 Å². The molecule has 0 aliphatic rings. The fourth-order valence-corrected chi connectivity index (χ4v) is 1.38. The average molecular weight is 251 g/mol. The molecule has 88 valence electrons. The second-order valence-corrected chi connectivity index (χ2v) is 3.59. The maximum atomic E-state index is 5.67. The van der Waals surface area contributed by atoms with Gasteiger partial charge in [-0.1, -0.05) is 0 Å². The van der Waals surface area contributed by atoms with Gasteiger partial charge in [-0.3, -0.25) is 19.9 Å². The van der Waals surface area contributed by atoms with Crippen LogP contribution in [-0.2, 0) is 23.8 Å². The van der Waals surface area contributed by atoms with Crippen LogP contribution in [-0.4, -0.2) is 19.9 Å². The largest absolute Gasteiger partial charge is 0.369 e. The van der Waals surface area contributed by atoms with Crippen LogP contribution in [0.25, 0.3) is 0 Å². The zero-order valence-corrected chi connectivity index (χ0v) is 9.84. The van der Waals surface area contributed by atoms with Crippen molar-refractivity contribution in [1.29, 1.82) is 0 Å². The molecule has 0 radical (unpaired) electrons. The minimum absolute atomic E-state index is 0.352. The quantitative estimate of drug-likeness (QED) is 0.757. The number of nitrogens with zero attached hydrogens (tertiary/aromatic N) is 4. The van der Waals surface area contributed by atoms with E-state index in [2.05, 4.69) is 19.9 Å². The number of rotatable bonds is 5. The predicted molar refractivity (Wildman–Crippen MR) is 62.1 cm³/mol. The zero-order chi connectivity index (χ0) is 11.9. The van der Waals surface area contributed by atoms with Crippen molar-refractivity contribution in [2.45, 2.75) is 19.1 Å². The second kappa shape index (κ2) is 6.22. The van der Waals surface area contributed by atoms with Gasteiger partial charge in [-0.2, -0.15) is 0 Å². The summed E-state index contributed by atoms with van der Waals surface area (Å²) in [5.41, 5.74) is 2.29. The molecule has 0 spiro atoms. The zero-order valence-electron chi connectivity index (χ0n) is 9.08. The van der Waals surface area contributed by atoms with Crippen LogP contribution in [0.3, 0.4) is 0 Å². The highest BCUT2D eigenvalue weighted by molar-refractivity contribution is 6.16. The second-order valence-electron chi connectivity index (χ2n) is 3.32. The molecule has 17 heavy (non-hydrogen) atoms. The predicted octanol–water partition coefficient (Wildman–Crippen LogP) is 1.72. The van der Waals surface area contributed by atoms with Crippen molar-refractivity contribution in [3.05, 3.63) is 48.1 Å². The first-order chi connectivity index (χ1) is 8.38. The summed E-state index contributed by atoms with van der Waals surface area (Å²) in [4.78, 5) is 16.3.